The number of aromatic nitrogens is 2. The summed E-state index contributed by atoms with van der Waals surface area (Å²) in [5.41, 5.74) is 1.38. The number of nitriles is 1. The molecule has 0 spiro atoms. The van der Waals surface area contributed by atoms with Crippen LogP contribution in [0.25, 0.3) is 0 Å². The predicted octanol–water partition coefficient (Wildman–Crippen LogP) is 2.39. The number of carbonyl (C=O) groups is 1. The van der Waals surface area contributed by atoms with Crippen molar-refractivity contribution in [2.24, 2.45) is 0 Å². The van der Waals surface area contributed by atoms with Crippen molar-refractivity contribution in [2.45, 2.75) is 19.9 Å². The van der Waals surface area contributed by atoms with Gasteiger partial charge in [0.25, 0.3) is 0 Å². The highest BCUT2D eigenvalue weighted by Crippen LogP contribution is 2.13. The molecule has 0 saturated heterocycles. The zero-order chi connectivity index (χ0) is 15.2. The fourth-order valence-electron chi connectivity index (χ4n) is 1.86. The lowest BCUT2D eigenvalue weighted by atomic mass is 10.2. The Morgan fingerprint density at radius 3 is 2.67 bits per heavy atom. The number of carbonyl (C=O) groups excluding carboxylic acids is 1. The summed E-state index contributed by atoms with van der Waals surface area (Å²) >= 11 is 0. The zero-order valence-corrected chi connectivity index (χ0v) is 12.0. The molecule has 108 valence electrons. The third kappa shape index (κ3) is 3.83. The van der Waals surface area contributed by atoms with Crippen LogP contribution in [-0.2, 0) is 4.79 Å². The first kappa shape index (κ1) is 14.6. The maximum Gasteiger partial charge on any atom is 0.244 e. The maximum atomic E-state index is 11.9. The third-order valence-corrected chi connectivity index (χ3v) is 2.89. The molecule has 2 aromatic rings. The Hall–Kier alpha value is -2.81. The summed E-state index contributed by atoms with van der Waals surface area (Å²) in [6, 6.07) is 10.9. The van der Waals surface area contributed by atoms with E-state index in [0.717, 1.165) is 5.69 Å². The van der Waals surface area contributed by atoms with E-state index in [1.807, 2.05) is 19.9 Å². The lowest BCUT2D eigenvalue weighted by molar-refractivity contribution is -0.114. The van der Waals surface area contributed by atoms with Crippen LogP contribution in [0.2, 0.25) is 0 Å². The second kappa shape index (κ2) is 6.57. The third-order valence-electron chi connectivity index (χ3n) is 2.89. The van der Waals surface area contributed by atoms with Gasteiger partial charge in [-0.05, 0) is 38.1 Å². The van der Waals surface area contributed by atoms with Gasteiger partial charge in [0.05, 0.1) is 24.4 Å². The highest BCUT2D eigenvalue weighted by atomic mass is 16.2. The van der Waals surface area contributed by atoms with Crippen LogP contribution >= 0.6 is 0 Å². The Morgan fingerprint density at radius 1 is 1.33 bits per heavy atom. The van der Waals surface area contributed by atoms with E-state index < -0.39 is 0 Å². The van der Waals surface area contributed by atoms with Crippen molar-refractivity contribution < 1.29 is 4.79 Å². The van der Waals surface area contributed by atoms with E-state index >= 15 is 0 Å². The molecule has 6 heteroatoms. The van der Waals surface area contributed by atoms with Crippen molar-refractivity contribution in [2.75, 3.05) is 17.2 Å². The van der Waals surface area contributed by atoms with Crippen LogP contribution in [0.15, 0.2) is 36.5 Å². The van der Waals surface area contributed by atoms with Gasteiger partial charge in [-0.2, -0.15) is 10.4 Å². The number of anilines is 2. The molecule has 21 heavy (non-hydrogen) atoms. The van der Waals surface area contributed by atoms with E-state index in [2.05, 4.69) is 15.7 Å². The highest BCUT2D eigenvalue weighted by Gasteiger charge is 2.09. The molecular weight excluding hydrogens is 266 g/mol. The minimum Gasteiger partial charge on any atom is -0.376 e. The van der Waals surface area contributed by atoms with Crippen LogP contribution in [0.5, 0.6) is 0 Å². The van der Waals surface area contributed by atoms with Gasteiger partial charge in [-0.15, -0.1) is 0 Å². The van der Waals surface area contributed by atoms with Crippen LogP contribution in [-0.4, -0.2) is 22.2 Å². The fraction of sp³-hybridized carbons (Fsp3) is 0.267. The topological polar surface area (TPSA) is 82.7 Å². The van der Waals surface area contributed by atoms with Gasteiger partial charge in [-0.3, -0.25) is 4.79 Å². The van der Waals surface area contributed by atoms with Crippen LogP contribution < -0.4 is 10.6 Å². The van der Waals surface area contributed by atoms with Crippen molar-refractivity contribution in [3.63, 3.8) is 0 Å². The van der Waals surface area contributed by atoms with Gasteiger partial charge < -0.3 is 10.6 Å². The molecule has 0 radical (unpaired) electrons. The number of nitrogens with zero attached hydrogens (tertiary/aromatic N) is 3. The van der Waals surface area contributed by atoms with Gasteiger partial charge in [-0.1, -0.05) is 0 Å². The van der Waals surface area contributed by atoms with Crippen molar-refractivity contribution in [3.05, 3.63) is 42.1 Å². The number of hydrogen-bond donors (Lipinski definition) is 2. The molecule has 0 aliphatic heterocycles. The largest absolute Gasteiger partial charge is 0.376 e. The minimum atomic E-state index is -0.151. The summed E-state index contributed by atoms with van der Waals surface area (Å²) in [5.74, 6) is 0.526. The lowest BCUT2D eigenvalue weighted by Crippen LogP contribution is -2.23. The van der Waals surface area contributed by atoms with E-state index in [-0.39, 0.29) is 18.5 Å². The Morgan fingerprint density at radius 2 is 2.05 bits per heavy atom. The number of rotatable bonds is 5. The normalized spacial score (nSPS) is 10.2. The molecule has 2 rings (SSSR count). The SMILES string of the molecule is CC(C)n1nccc1NC(=O)CNc1ccc(C#N)cc1. The van der Waals surface area contributed by atoms with Crippen LogP contribution in [0.1, 0.15) is 25.5 Å². The van der Waals surface area contributed by atoms with Gasteiger partial charge in [0.1, 0.15) is 5.82 Å². The molecule has 1 aromatic carbocycles. The number of hydrogen-bond acceptors (Lipinski definition) is 4. The molecule has 6 nitrogen and oxygen atoms in total. The van der Waals surface area contributed by atoms with E-state index in [9.17, 15) is 4.79 Å². The second-order valence-corrected chi connectivity index (χ2v) is 4.85. The maximum absolute atomic E-state index is 11.9. The monoisotopic (exact) mass is 283 g/mol. The lowest BCUT2D eigenvalue weighted by Gasteiger charge is -2.12. The standard InChI is InChI=1S/C15H17N5O/c1-11(2)20-14(7-8-18-20)19-15(21)10-17-13-5-3-12(9-16)4-6-13/h3-8,11,17H,10H2,1-2H3,(H,19,21). The van der Waals surface area contributed by atoms with Crippen molar-refractivity contribution in [3.8, 4) is 6.07 Å². The summed E-state index contributed by atoms with van der Waals surface area (Å²) in [5, 5.41) is 18.7. The first-order chi connectivity index (χ1) is 10.1. The average molecular weight is 283 g/mol. The van der Waals surface area contributed by atoms with Gasteiger partial charge in [0.15, 0.2) is 0 Å². The molecule has 1 heterocycles. The van der Waals surface area contributed by atoms with E-state index in [1.165, 1.54) is 0 Å². The molecule has 2 N–H and O–H groups in total. The number of nitrogens with one attached hydrogen (secondary N) is 2. The molecule has 0 unspecified atom stereocenters. The molecular formula is C15H17N5O. The summed E-state index contributed by atoms with van der Waals surface area (Å²) in [7, 11) is 0. The van der Waals surface area contributed by atoms with Crippen LogP contribution in [0.3, 0.4) is 0 Å². The molecule has 0 aliphatic rings. The van der Waals surface area contributed by atoms with Gasteiger partial charge in [0.2, 0.25) is 5.91 Å². The quantitative estimate of drug-likeness (QED) is 0.882. The molecule has 0 saturated carbocycles. The molecule has 0 fully saturated rings. The molecule has 0 bridgehead atoms. The summed E-state index contributed by atoms with van der Waals surface area (Å²) in [4.78, 5) is 11.9. The Balaban J connectivity index is 1.90. The second-order valence-electron chi connectivity index (χ2n) is 4.85. The van der Waals surface area contributed by atoms with Crippen LogP contribution in [0, 0.1) is 11.3 Å². The van der Waals surface area contributed by atoms with Crippen molar-refractivity contribution in [1.29, 1.82) is 5.26 Å². The summed E-state index contributed by atoms with van der Waals surface area (Å²) in [6.07, 6.45) is 1.66. The van der Waals surface area contributed by atoms with E-state index in [4.69, 9.17) is 5.26 Å². The van der Waals surface area contributed by atoms with Gasteiger partial charge in [0, 0.05) is 17.8 Å². The Kier molecular flexibility index (Phi) is 4.57. The minimum absolute atomic E-state index is 0.148. The number of amides is 1. The predicted molar refractivity (Wildman–Crippen MR) is 80.9 cm³/mol. The number of benzene rings is 1. The smallest absolute Gasteiger partial charge is 0.244 e. The van der Waals surface area contributed by atoms with Gasteiger partial charge >= 0.3 is 0 Å². The first-order valence-electron chi connectivity index (χ1n) is 6.67. The van der Waals surface area contributed by atoms with E-state index in [1.54, 1.807) is 41.2 Å². The molecule has 0 atom stereocenters. The average Bonchev–Trinajstić information content (AvgIpc) is 2.94. The zero-order valence-electron chi connectivity index (χ0n) is 12.0. The van der Waals surface area contributed by atoms with E-state index in [0.29, 0.717) is 11.4 Å². The highest BCUT2D eigenvalue weighted by molar-refractivity contribution is 5.93. The van der Waals surface area contributed by atoms with Gasteiger partial charge in [-0.25, -0.2) is 4.68 Å². The van der Waals surface area contributed by atoms with Crippen molar-refractivity contribution in [1.82, 2.24) is 9.78 Å². The Bertz CT molecular complexity index is 651. The summed E-state index contributed by atoms with van der Waals surface area (Å²) in [6.45, 7) is 4.14. The van der Waals surface area contributed by atoms with Crippen LogP contribution in [0.4, 0.5) is 11.5 Å². The fourth-order valence-corrected chi connectivity index (χ4v) is 1.86. The summed E-state index contributed by atoms with van der Waals surface area (Å²) < 4.78 is 1.75. The molecule has 1 amide bonds. The first-order valence-corrected chi connectivity index (χ1v) is 6.67. The Labute approximate surface area is 123 Å². The molecule has 0 aliphatic carbocycles. The molecule has 1 aromatic heterocycles. The van der Waals surface area contributed by atoms with Crippen molar-refractivity contribution >= 4 is 17.4 Å².